The zero-order chi connectivity index (χ0) is 16.8. The van der Waals surface area contributed by atoms with Gasteiger partial charge in [-0.1, -0.05) is 31.0 Å². The number of ether oxygens (including phenoxy) is 1. The molecule has 5 heteroatoms. The first-order valence-corrected chi connectivity index (χ1v) is 8.98. The molecular formula is C19H26N2O3. The summed E-state index contributed by atoms with van der Waals surface area (Å²) >= 11 is 0. The second-order valence-electron chi connectivity index (χ2n) is 6.75. The number of nitrogens with zero attached hydrogens (tertiary/aromatic N) is 1. The molecule has 1 aliphatic carbocycles. The van der Waals surface area contributed by atoms with Gasteiger partial charge in [0.25, 0.3) is 5.91 Å². The molecule has 3 rings (SSSR count). The van der Waals surface area contributed by atoms with E-state index in [1.54, 1.807) is 0 Å². The predicted molar refractivity (Wildman–Crippen MR) is 91.6 cm³/mol. The number of nitrogens with one attached hydrogen (secondary N) is 1. The van der Waals surface area contributed by atoms with Crippen molar-refractivity contribution < 1.29 is 14.3 Å². The quantitative estimate of drug-likeness (QED) is 0.902. The number of carbonyl (C=O) groups is 2. The fourth-order valence-corrected chi connectivity index (χ4v) is 3.53. The molecule has 0 unspecified atom stereocenters. The first kappa shape index (κ1) is 16.8. The molecule has 0 radical (unpaired) electrons. The highest BCUT2D eigenvalue weighted by molar-refractivity contribution is 5.80. The van der Waals surface area contributed by atoms with Crippen LogP contribution in [-0.4, -0.2) is 42.5 Å². The Kier molecular flexibility index (Phi) is 5.72. The third-order valence-electron chi connectivity index (χ3n) is 5.03. The van der Waals surface area contributed by atoms with Gasteiger partial charge in [-0.3, -0.25) is 9.59 Å². The van der Waals surface area contributed by atoms with Crippen molar-refractivity contribution in [2.45, 2.75) is 44.6 Å². The molecule has 0 bridgehead atoms. The molecule has 1 N–H and O–H groups in total. The monoisotopic (exact) mass is 330 g/mol. The van der Waals surface area contributed by atoms with E-state index in [9.17, 15) is 9.59 Å². The predicted octanol–water partition coefficient (Wildman–Crippen LogP) is 2.36. The zero-order valence-electron chi connectivity index (χ0n) is 14.1. The van der Waals surface area contributed by atoms with Crippen molar-refractivity contribution in [3.05, 3.63) is 30.3 Å². The molecule has 1 heterocycles. The van der Waals surface area contributed by atoms with Crippen LogP contribution in [0.4, 0.5) is 0 Å². The van der Waals surface area contributed by atoms with E-state index < -0.39 is 0 Å². The van der Waals surface area contributed by atoms with Crippen LogP contribution in [0.25, 0.3) is 0 Å². The van der Waals surface area contributed by atoms with E-state index in [1.807, 2.05) is 35.2 Å². The van der Waals surface area contributed by atoms with Crippen molar-refractivity contribution in [1.82, 2.24) is 10.2 Å². The van der Waals surface area contributed by atoms with Crippen LogP contribution >= 0.6 is 0 Å². The zero-order valence-corrected chi connectivity index (χ0v) is 14.1. The summed E-state index contributed by atoms with van der Waals surface area (Å²) in [6.45, 7) is 1.34. The number of hydrogen-bond acceptors (Lipinski definition) is 3. The van der Waals surface area contributed by atoms with Gasteiger partial charge in [-0.05, 0) is 37.8 Å². The molecule has 5 nitrogen and oxygen atoms in total. The maximum absolute atomic E-state index is 12.3. The Morgan fingerprint density at radius 2 is 1.71 bits per heavy atom. The second-order valence-corrected chi connectivity index (χ2v) is 6.75. The maximum atomic E-state index is 12.3. The lowest BCUT2D eigenvalue weighted by molar-refractivity contribution is -0.137. The number of likely N-dealkylation sites (tertiary alicyclic amines) is 1. The van der Waals surface area contributed by atoms with E-state index in [0.29, 0.717) is 24.9 Å². The summed E-state index contributed by atoms with van der Waals surface area (Å²) in [6.07, 6.45) is 6.16. The Morgan fingerprint density at radius 1 is 1.04 bits per heavy atom. The van der Waals surface area contributed by atoms with E-state index in [4.69, 9.17) is 4.74 Å². The van der Waals surface area contributed by atoms with Gasteiger partial charge in [-0.25, -0.2) is 0 Å². The highest BCUT2D eigenvalue weighted by atomic mass is 16.5. The first-order chi connectivity index (χ1) is 11.7. The molecule has 0 aromatic heterocycles. The van der Waals surface area contributed by atoms with Crippen molar-refractivity contribution >= 4 is 11.8 Å². The highest BCUT2D eigenvalue weighted by Gasteiger charge is 2.29. The van der Waals surface area contributed by atoms with Crippen LogP contribution in [0.2, 0.25) is 0 Å². The molecule has 2 aliphatic rings. The Morgan fingerprint density at radius 3 is 2.38 bits per heavy atom. The van der Waals surface area contributed by atoms with Crippen molar-refractivity contribution in [2.24, 2.45) is 5.92 Å². The van der Waals surface area contributed by atoms with Gasteiger partial charge in [0.1, 0.15) is 5.75 Å². The maximum Gasteiger partial charge on any atom is 0.260 e. The van der Waals surface area contributed by atoms with E-state index in [1.165, 1.54) is 12.8 Å². The number of piperidine rings is 1. The number of hydrogen-bond donors (Lipinski definition) is 1. The summed E-state index contributed by atoms with van der Waals surface area (Å²) in [7, 11) is 0. The molecule has 1 saturated carbocycles. The molecule has 1 aromatic carbocycles. The summed E-state index contributed by atoms with van der Waals surface area (Å²) in [5.74, 6) is 0.921. The van der Waals surface area contributed by atoms with Gasteiger partial charge < -0.3 is 15.0 Å². The molecular weight excluding hydrogens is 304 g/mol. The van der Waals surface area contributed by atoms with Crippen molar-refractivity contribution in [3.63, 3.8) is 0 Å². The van der Waals surface area contributed by atoms with E-state index in [2.05, 4.69) is 5.32 Å². The van der Waals surface area contributed by atoms with Crippen molar-refractivity contribution in [1.29, 1.82) is 0 Å². The van der Waals surface area contributed by atoms with Crippen LogP contribution in [0.15, 0.2) is 30.3 Å². The first-order valence-electron chi connectivity index (χ1n) is 8.98. The smallest absolute Gasteiger partial charge is 0.260 e. The Bertz CT molecular complexity index is 547. The largest absolute Gasteiger partial charge is 0.484 e. The minimum Gasteiger partial charge on any atom is -0.484 e. The average Bonchev–Trinajstić information content (AvgIpc) is 3.13. The lowest BCUT2D eigenvalue weighted by Crippen LogP contribution is -2.46. The topological polar surface area (TPSA) is 58.6 Å². The van der Waals surface area contributed by atoms with Crippen molar-refractivity contribution in [2.75, 3.05) is 19.7 Å². The van der Waals surface area contributed by atoms with Crippen LogP contribution in [0.3, 0.4) is 0 Å². The molecule has 2 fully saturated rings. The summed E-state index contributed by atoms with van der Waals surface area (Å²) in [6, 6.07) is 9.73. The van der Waals surface area contributed by atoms with Crippen LogP contribution in [0.5, 0.6) is 5.75 Å². The molecule has 24 heavy (non-hydrogen) atoms. The van der Waals surface area contributed by atoms with Crippen LogP contribution < -0.4 is 10.1 Å². The summed E-state index contributed by atoms with van der Waals surface area (Å²) in [4.78, 5) is 26.3. The van der Waals surface area contributed by atoms with E-state index in [0.717, 1.165) is 25.7 Å². The van der Waals surface area contributed by atoms with Gasteiger partial charge in [0.2, 0.25) is 5.91 Å². The molecule has 1 aliphatic heterocycles. The molecule has 1 aromatic rings. The molecule has 0 spiro atoms. The van der Waals surface area contributed by atoms with Crippen LogP contribution in [0, 0.1) is 5.92 Å². The second kappa shape index (κ2) is 8.18. The van der Waals surface area contributed by atoms with Crippen LogP contribution in [0.1, 0.15) is 38.5 Å². The molecule has 2 amide bonds. The van der Waals surface area contributed by atoms with Gasteiger partial charge in [0, 0.05) is 25.0 Å². The highest BCUT2D eigenvalue weighted by Crippen LogP contribution is 2.21. The fraction of sp³-hybridized carbons (Fsp3) is 0.579. The standard InChI is InChI=1S/C19H26N2O3/c22-18(14-24-17-8-2-1-3-9-17)21-12-10-15(11-13-21)19(23)20-16-6-4-5-7-16/h1-3,8-9,15-16H,4-7,10-14H2,(H,20,23). The minimum absolute atomic E-state index is 0.00601. The average molecular weight is 330 g/mol. The fourth-order valence-electron chi connectivity index (χ4n) is 3.53. The SMILES string of the molecule is O=C(NC1CCCC1)C1CCN(C(=O)COc2ccccc2)CC1. The third kappa shape index (κ3) is 4.49. The number of amides is 2. The third-order valence-corrected chi connectivity index (χ3v) is 5.03. The molecule has 0 atom stereocenters. The Hall–Kier alpha value is -2.04. The van der Waals surface area contributed by atoms with Gasteiger partial charge in [0.05, 0.1) is 0 Å². The van der Waals surface area contributed by atoms with Gasteiger partial charge in [-0.15, -0.1) is 0 Å². The van der Waals surface area contributed by atoms with Gasteiger partial charge in [0.15, 0.2) is 6.61 Å². The number of benzene rings is 1. The Labute approximate surface area is 143 Å². The lowest BCUT2D eigenvalue weighted by Gasteiger charge is -2.31. The lowest BCUT2D eigenvalue weighted by atomic mass is 9.95. The van der Waals surface area contributed by atoms with Gasteiger partial charge in [-0.2, -0.15) is 0 Å². The van der Waals surface area contributed by atoms with E-state index in [-0.39, 0.29) is 24.3 Å². The Balaban J connectivity index is 1.39. The van der Waals surface area contributed by atoms with Crippen LogP contribution in [-0.2, 0) is 9.59 Å². The normalized spacial score (nSPS) is 19.2. The minimum atomic E-state index is -0.00601. The number of carbonyl (C=O) groups excluding carboxylic acids is 2. The van der Waals surface area contributed by atoms with E-state index >= 15 is 0 Å². The van der Waals surface area contributed by atoms with Gasteiger partial charge >= 0.3 is 0 Å². The summed E-state index contributed by atoms with van der Waals surface area (Å²) < 4.78 is 5.51. The summed E-state index contributed by atoms with van der Waals surface area (Å²) in [5.41, 5.74) is 0. The van der Waals surface area contributed by atoms with Crippen molar-refractivity contribution in [3.8, 4) is 5.75 Å². The summed E-state index contributed by atoms with van der Waals surface area (Å²) in [5, 5.41) is 3.17. The number of rotatable bonds is 5. The molecule has 1 saturated heterocycles. The number of para-hydroxylation sites is 1. The molecule has 130 valence electrons.